The average Bonchev–Trinajstić information content (AvgIpc) is 3.10. The summed E-state index contributed by atoms with van der Waals surface area (Å²) in [6.45, 7) is 1.08. The Morgan fingerprint density at radius 2 is 1.69 bits per heavy atom. The number of hydrogen-bond acceptors (Lipinski definition) is 4. The predicted octanol–water partition coefficient (Wildman–Crippen LogP) is 4.46. The van der Waals surface area contributed by atoms with E-state index in [1.807, 2.05) is 48.5 Å². The molecule has 1 aliphatic heterocycles. The van der Waals surface area contributed by atoms with E-state index < -0.39 is 5.97 Å². The number of nitrogens with one attached hydrogen (secondary N) is 1. The number of nitrogens with zero attached hydrogens (tertiary/aromatic N) is 1. The van der Waals surface area contributed by atoms with Crippen molar-refractivity contribution in [3.8, 4) is 11.1 Å². The molecule has 0 unspecified atom stereocenters. The van der Waals surface area contributed by atoms with Gasteiger partial charge in [0.05, 0.1) is 0 Å². The average molecular weight is 456 g/mol. The summed E-state index contributed by atoms with van der Waals surface area (Å²) in [5.74, 6) is -1.36. The standard InChI is InChI=1S/C22H14FN2OS.C2H4O2.Na/c23-18-7-4-8-19(14-18)24-22-25-21(26)20(27-22)13-15-9-11-17(12-10-15)16-5-2-1-3-6-16;1-2(3)4;/h1-6,8-14H,(H,24,25,26);1H3,(H,3,4);/b20-13+;;. The SMILES string of the molecule is CC(=O)O.O=C1N=C(Nc2cc[c]([Na])c(F)c2)S/C1=C/c1ccc(-c2ccccc2)cc1. The van der Waals surface area contributed by atoms with Crippen LogP contribution in [-0.2, 0) is 9.59 Å². The molecular formula is C24H18FN2NaO3S. The molecular weight excluding hydrogens is 438 g/mol. The zero-order valence-electron chi connectivity index (χ0n) is 17.5. The van der Waals surface area contributed by atoms with Crippen LogP contribution in [0.25, 0.3) is 17.2 Å². The Bertz CT molecular complexity index is 1190. The summed E-state index contributed by atoms with van der Waals surface area (Å²) in [5, 5.41) is 10.9. The molecule has 5 nitrogen and oxygen atoms in total. The van der Waals surface area contributed by atoms with Crippen LogP contribution in [0.3, 0.4) is 0 Å². The Morgan fingerprint density at radius 3 is 2.31 bits per heavy atom. The summed E-state index contributed by atoms with van der Waals surface area (Å²) in [7, 11) is 0. The molecule has 0 aliphatic carbocycles. The minimum atomic E-state index is -0.833. The first-order chi connectivity index (χ1) is 15.3. The van der Waals surface area contributed by atoms with E-state index >= 15 is 0 Å². The van der Waals surface area contributed by atoms with Gasteiger partial charge in [-0.25, -0.2) is 0 Å². The van der Waals surface area contributed by atoms with E-state index in [2.05, 4.69) is 22.4 Å². The molecule has 156 valence electrons. The van der Waals surface area contributed by atoms with Gasteiger partial charge in [0.2, 0.25) is 0 Å². The van der Waals surface area contributed by atoms with E-state index in [1.54, 1.807) is 12.1 Å². The number of benzene rings is 3. The number of thioether (sulfide) groups is 1. The van der Waals surface area contributed by atoms with Gasteiger partial charge >= 0.3 is 144 Å². The Kier molecular flexibility index (Phi) is 8.41. The number of carboxylic acid groups (broad SMARTS) is 1. The first-order valence-electron chi connectivity index (χ1n) is 9.72. The molecule has 4 rings (SSSR count). The number of anilines is 1. The van der Waals surface area contributed by atoms with Crippen LogP contribution in [-0.4, -0.2) is 50.1 Å². The van der Waals surface area contributed by atoms with Crippen molar-refractivity contribution in [2.24, 2.45) is 4.99 Å². The molecule has 0 spiro atoms. The number of aliphatic imine (C=N–C) groups is 1. The molecule has 1 heterocycles. The molecule has 1 amide bonds. The Labute approximate surface area is 206 Å². The van der Waals surface area contributed by atoms with Gasteiger partial charge in [0.25, 0.3) is 5.97 Å². The Hall–Kier alpha value is -2.71. The third kappa shape index (κ3) is 6.90. The van der Waals surface area contributed by atoms with Crippen LogP contribution in [0, 0.1) is 5.82 Å². The molecule has 0 aromatic heterocycles. The van der Waals surface area contributed by atoms with Gasteiger partial charge in [0.1, 0.15) is 0 Å². The van der Waals surface area contributed by atoms with Crippen LogP contribution in [0.15, 0.2) is 82.7 Å². The molecule has 0 saturated heterocycles. The molecule has 0 radical (unpaired) electrons. The second kappa shape index (κ2) is 11.2. The first-order valence-corrected chi connectivity index (χ1v) is 11.5. The van der Waals surface area contributed by atoms with Crippen molar-refractivity contribution in [3.63, 3.8) is 0 Å². The number of rotatable bonds is 3. The molecule has 0 saturated carbocycles. The Morgan fingerprint density at radius 1 is 1.06 bits per heavy atom. The fourth-order valence-electron chi connectivity index (χ4n) is 2.81. The fourth-order valence-corrected chi connectivity index (χ4v) is 3.96. The van der Waals surface area contributed by atoms with Gasteiger partial charge < -0.3 is 5.11 Å². The van der Waals surface area contributed by atoms with Crippen LogP contribution in [0.2, 0.25) is 0 Å². The number of carbonyl (C=O) groups excluding carboxylic acids is 1. The van der Waals surface area contributed by atoms with Crippen molar-refractivity contribution < 1.29 is 19.1 Å². The summed E-state index contributed by atoms with van der Waals surface area (Å²) >= 11 is 1.91. The molecule has 8 heteroatoms. The zero-order chi connectivity index (χ0) is 23.1. The van der Waals surface area contributed by atoms with Crippen LogP contribution in [0.5, 0.6) is 0 Å². The summed E-state index contributed by atoms with van der Waals surface area (Å²) < 4.78 is 14.4. The van der Waals surface area contributed by atoms with Gasteiger partial charge in [0, 0.05) is 6.92 Å². The van der Waals surface area contributed by atoms with E-state index in [0.717, 1.165) is 23.6 Å². The van der Waals surface area contributed by atoms with Gasteiger partial charge in [-0.2, -0.15) is 0 Å². The molecule has 3 aromatic rings. The molecule has 0 atom stereocenters. The van der Waals surface area contributed by atoms with E-state index in [4.69, 9.17) is 9.90 Å². The summed E-state index contributed by atoms with van der Waals surface area (Å²) in [4.78, 5) is 25.8. The molecule has 0 bridgehead atoms. The minimum absolute atomic E-state index is 0.235. The normalized spacial score (nSPS) is 13.9. The van der Waals surface area contributed by atoms with Gasteiger partial charge in [-0.1, -0.05) is 30.3 Å². The zero-order valence-corrected chi connectivity index (χ0v) is 20.3. The van der Waals surface area contributed by atoms with E-state index in [0.29, 0.717) is 46.5 Å². The number of hydrogen-bond donors (Lipinski definition) is 2. The monoisotopic (exact) mass is 456 g/mol. The number of amides is 1. The van der Waals surface area contributed by atoms with Crippen LogP contribution in [0.4, 0.5) is 10.1 Å². The predicted molar refractivity (Wildman–Crippen MR) is 129 cm³/mol. The maximum atomic E-state index is 13.7. The topological polar surface area (TPSA) is 78.8 Å². The van der Waals surface area contributed by atoms with Crippen molar-refractivity contribution in [2.75, 3.05) is 5.32 Å². The quantitative estimate of drug-likeness (QED) is 0.450. The van der Waals surface area contributed by atoms with Gasteiger partial charge in [-0.05, 0) is 11.1 Å². The maximum absolute atomic E-state index is 13.7. The number of halogens is 1. The molecule has 3 aromatic carbocycles. The summed E-state index contributed by atoms with van der Waals surface area (Å²) in [6, 6.07) is 23.1. The van der Waals surface area contributed by atoms with E-state index in [1.165, 1.54) is 17.8 Å². The van der Waals surface area contributed by atoms with Crippen molar-refractivity contribution >= 4 is 71.3 Å². The van der Waals surface area contributed by atoms with Gasteiger partial charge in [-0.15, -0.1) is 0 Å². The van der Waals surface area contributed by atoms with Crippen molar-refractivity contribution in [3.05, 3.63) is 89.1 Å². The van der Waals surface area contributed by atoms with Crippen molar-refractivity contribution in [1.29, 1.82) is 0 Å². The number of amidine groups is 1. The van der Waals surface area contributed by atoms with E-state index in [9.17, 15) is 9.18 Å². The number of carboxylic acids is 1. The summed E-state index contributed by atoms with van der Waals surface area (Å²) in [6.07, 6.45) is 1.82. The second-order valence-corrected chi connectivity index (χ2v) is 9.04. The number of aliphatic carboxylic acids is 1. The Balaban J connectivity index is 0.000000668. The van der Waals surface area contributed by atoms with Crippen molar-refractivity contribution in [1.82, 2.24) is 0 Å². The molecule has 2 N–H and O–H groups in total. The van der Waals surface area contributed by atoms with Crippen LogP contribution >= 0.6 is 11.8 Å². The molecule has 0 fully saturated rings. The number of carbonyl (C=O) groups is 2. The fraction of sp³-hybridized carbons (Fsp3) is 0.0417. The third-order valence-corrected chi connectivity index (χ3v) is 6.07. The molecule has 1 aliphatic rings. The molecule has 32 heavy (non-hydrogen) atoms. The summed E-state index contributed by atoms with van der Waals surface area (Å²) in [5.41, 5.74) is 3.79. The van der Waals surface area contributed by atoms with Crippen molar-refractivity contribution in [2.45, 2.75) is 6.92 Å². The van der Waals surface area contributed by atoms with E-state index in [-0.39, 0.29) is 11.7 Å². The second-order valence-electron chi connectivity index (χ2n) is 6.93. The van der Waals surface area contributed by atoms with Gasteiger partial charge in [-0.3, -0.25) is 4.79 Å². The van der Waals surface area contributed by atoms with Gasteiger partial charge in [0.15, 0.2) is 0 Å². The van der Waals surface area contributed by atoms with Crippen LogP contribution in [0.1, 0.15) is 12.5 Å². The first kappa shape index (κ1) is 23.9. The third-order valence-electron chi connectivity index (χ3n) is 4.36. The van der Waals surface area contributed by atoms with Crippen LogP contribution < -0.4 is 8.13 Å².